The van der Waals surface area contributed by atoms with E-state index in [9.17, 15) is 4.79 Å². The molecule has 0 unspecified atom stereocenters. The van der Waals surface area contributed by atoms with Crippen molar-refractivity contribution in [3.63, 3.8) is 0 Å². The van der Waals surface area contributed by atoms with E-state index in [2.05, 4.69) is 15.3 Å². The topological polar surface area (TPSA) is 73.1 Å². The fraction of sp³-hybridized carbons (Fsp3) is 0.294. The molecule has 128 valence electrons. The van der Waals surface area contributed by atoms with Crippen molar-refractivity contribution in [3.05, 3.63) is 47.0 Å². The predicted molar refractivity (Wildman–Crippen MR) is 93.7 cm³/mol. The van der Waals surface area contributed by atoms with Gasteiger partial charge in [0.25, 0.3) is 5.91 Å². The molecule has 8 heteroatoms. The third-order valence-electron chi connectivity index (χ3n) is 4.15. The SMILES string of the molecule is CCOc1ccc(-c2cn(C3CN(C(=O)c4cscn4)C3)nn2)cc1. The molecule has 1 fully saturated rings. The second kappa shape index (κ2) is 6.64. The first kappa shape index (κ1) is 15.8. The number of hydrogen-bond donors (Lipinski definition) is 0. The van der Waals surface area contributed by atoms with Crippen molar-refractivity contribution in [2.45, 2.75) is 13.0 Å². The average molecular weight is 355 g/mol. The molecule has 0 N–H and O–H groups in total. The van der Waals surface area contributed by atoms with Crippen LogP contribution in [0.25, 0.3) is 11.3 Å². The molecular formula is C17H17N5O2S. The van der Waals surface area contributed by atoms with Gasteiger partial charge in [0.2, 0.25) is 0 Å². The summed E-state index contributed by atoms with van der Waals surface area (Å²) >= 11 is 1.43. The first-order valence-corrected chi connectivity index (χ1v) is 9.01. The lowest BCUT2D eigenvalue weighted by Crippen LogP contribution is -2.51. The molecule has 0 aliphatic carbocycles. The Balaban J connectivity index is 1.40. The molecule has 0 saturated carbocycles. The molecule has 7 nitrogen and oxygen atoms in total. The van der Waals surface area contributed by atoms with Crippen molar-refractivity contribution >= 4 is 17.2 Å². The Hall–Kier alpha value is -2.74. The number of carbonyl (C=O) groups excluding carboxylic acids is 1. The maximum Gasteiger partial charge on any atom is 0.273 e. The highest BCUT2D eigenvalue weighted by Crippen LogP contribution is 2.25. The third-order valence-corrected chi connectivity index (χ3v) is 4.73. The lowest BCUT2D eigenvalue weighted by molar-refractivity contribution is 0.0493. The Kier molecular flexibility index (Phi) is 4.19. The predicted octanol–water partition coefficient (Wildman–Crippen LogP) is 2.50. The fourth-order valence-electron chi connectivity index (χ4n) is 2.74. The van der Waals surface area contributed by atoms with E-state index in [1.54, 1.807) is 15.8 Å². The Morgan fingerprint density at radius 2 is 2.12 bits per heavy atom. The zero-order chi connectivity index (χ0) is 17.2. The van der Waals surface area contributed by atoms with Gasteiger partial charge in [-0.2, -0.15) is 0 Å². The van der Waals surface area contributed by atoms with Gasteiger partial charge in [-0.3, -0.25) is 4.79 Å². The molecule has 0 bridgehead atoms. The van der Waals surface area contributed by atoms with Crippen LogP contribution < -0.4 is 4.74 Å². The van der Waals surface area contributed by atoms with Crippen LogP contribution in [0.5, 0.6) is 5.75 Å². The molecule has 4 rings (SSSR count). The minimum atomic E-state index is -0.0237. The van der Waals surface area contributed by atoms with Crippen molar-refractivity contribution < 1.29 is 9.53 Å². The molecule has 1 saturated heterocycles. The van der Waals surface area contributed by atoms with E-state index in [-0.39, 0.29) is 11.9 Å². The quantitative estimate of drug-likeness (QED) is 0.703. The molecule has 0 radical (unpaired) electrons. The van der Waals surface area contributed by atoms with Crippen molar-refractivity contribution in [2.75, 3.05) is 19.7 Å². The molecule has 1 aliphatic rings. The zero-order valence-electron chi connectivity index (χ0n) is 13.7. The number of thiazole rings is 1. The van der Waals surface area contributed by atoms with Gasteiger partial charge in [-0.25, -0.2) is 9.67 Å². The third kappa shape index (κ3) is 3.12. The number of aromatic nitrogens is 4. The lowest BCUT2D eigenvalue weighted by Gasteiger charge is -2.38. The first-order valence-electron chi connectivity index (χ1n) is 8.07. The first-order chi connectivity index (χ1) is 12.2. The number of benzene rings is 1. The van der Waals surface area contributed by atoms with Crippen molar-refractivity contribution in [3.8, 4) is 17.0 Å². The molecule has 3 heterocycles. The second-order valence-electron chi connectivity index (χ2n) is 5.78. The van der Waals surface area contributed by atoms with Crippen LogP contribution in [0.1, 0.15) is 23.5 Å². The van der Waals surface area contributed by atoms with Crippen molar-refractivity contribution in [1.82, 2.24) is 24.9 Å². The maximum absolute atomic E-state index is 12.2. The van der Waals surface area contributed by atoms with E-state index >= 15 is 0 Å². The normalized spacial score (nSPS) is 14.4. The standard InChI is InChI=1S/C17H17N5O2S/c1-2-24-14-5-3-12(4-6-14)15-9-22(20-19-15)13-7-21(8-13)17(23)16-10-25-11-18-16/h3-6,9-11,13H,2,7-8H2,1H3. The average Bonchev–Trinajstić information content (AvgIpc) is 3.26. The Morgan fingerprint density at radius 1 is 1.32 bits per heavy atom. The summed E-state index contributed by atoms with van der Waals surface area (Å²) in [6.07, 6.45) is 1.92. The minimum Gasteiger partial charge on any atom is -0.494 e. The molecule has 2 aromatic heterocycles. The Bertz CT molecular complexity index is 854. The maximum atomic E-state index is 12.2. The fourth-order valence-corrected chi connectivity index (χ4v) is 3.27. The molecule has 1 aliphatic heterocycles. The summed E-state index contributed by atoms with van der Waals surface area (Å²) in [5.74, 6) is 0.818. The van der Waals surface area contributed by atoms with Gasteiger partial charge in [0.05, 0.1) is 24.4 Å². The van der Waals surface area contributed by atoms with Crippen LogP contribution >= 0.6 is 11.3 Å². The Morgan fingerprint density at radius 3 is 2.80 bits per heavy atom. The number of hydrogen-bond acceptors (Lipinski definition) is 6. The van der Waals surface area contributed by atoms with Crippen molar-refractivity contribution in [1.29, 1.82) is 0 Å². The van der Waals surface area contributed by atoms with Gasteiger partial charge in [0.15, 0.2) is 0 Å². The van der Waals surface area contributed by atoms with Gasteiger partial charge in [0.1, 0.15) is 17.1 Å². The minimum absolute atomic E-state index is 0.0237. The van der Waals surface area contributed by atoms with E-state index in [0.717, 1.165) is 17.0 Å². The summed E-state index contributed by atoms with van der Waals surface area (Å²) in [7, 11) is 0. The second-order valence-corrected chi connectivity index (χ2v) is 6.50. The van der Waals surface area contributed by atoms with E-state index in [1.807, 2.05) is 42.1 Å². The van der Waals surface area contributed by atoms with Gasteiger partial charge in [0, 0.05) is 24.0 Å². The molecule has 0 spiro atoms. The number of carbonyl (C=O) groups is 1. The van der Waals surface area contributed by atoms with Crippen molar-refractivity contribution in [2.24, 2.45) is 0 Å². The van der Waals surface area contributed by atoms with Gasteiger partial charge < -0.3 is 9.64 Å². The lowest BCUT2D eigenvalue weighted by atomic mass is 10.1. The van der Waals surface area contributed by atoms with Gasteiger partial charge >= 0.3 is 0 Å². The summed E-state index contributed by atoms with van der Waals surface area (Å²) in [6, 6.07) is 7.95. The van der Waals surface area contributed by atoms with Crippen LogP contribution in [-0.4, -0.2) is 50.5 Å². The summed E-state index contributed by atoms with van der Waals surface area (Å²) in [4.78, 5) is 18.0. The summed E-state index contributed by atoms with van der Waals surface area (Å²) in [5, 5.41) is 10.2. The number of amides is 1. The number of likely N-dealkylation sites (tertiary alicyclic amines) is 1. The monoisotopic (exact) mass is 355 g/mol. The molecule has 3 aromatic rings. The number of rotatable bonds is 5. The smallest absolute Gasteiger partial charge is 0.273 e. The van der Waals surface area contributed by atoms with Crippen LogP contribution in [0.3, 0.4) is 0 Å². The van der Waals surface area contributed by atoms with Gasteiger partial charge in [-0.1, -0.05) is 5.21 Å². The van der Waals surface area contributed by atoms with E-state index < -0.39 is 0 Å². The summed E-state index contributed by atoms with van der Waals surface area (Å²) in [5.41, 5.74) is 3.99. The van der Waals surface area contributed by atoms with Crippen LogP contribution in [0, 0.1) is 0 Å². The van der Waals surface area contributed by atoms with E-state index in [4.69, 9.17) is 4.74 Å². The molecule has 1 amide bonds. The molecular weight excluding hydrogens is 338 g/mol. The van der Waals surface area contributed by atoms with Crippen LogP contribution in [0.15, 0.2) is 41.4 Å². The van der Waals surface area contributed by atoms with Gasteiger partial charge in [-0.05, 0) is 31.2 Å². The molecule has 0 atom stereocenters. The summed E-state index contributed by atoms with van der Waals surface area (Å²) < 4.78 is 7.28. The number of nitrogens with zero attached hydrogens (tertiary/aromatic N) is 5. The van der Waals surface area contributed by atoms with Crippen LogP contribution in [0.2, 0.25) is 0 Å². The largest absolute Gasteiger partial charge is 0.494 e. The van der Waals surface area contributed by atoms with Crippen LogP contribution in [0.4, 0.5) is 0 Å². The Labute approximate surface area is 148 Å². The highest BCUT2D eigenvalue weighted by Gasteiger charge is 2.34. The van der Waals surface area contributed by atoms with E-state index in [1.165, 1.54) is 11.3 Å². The highest BCUT2D eigenvalue weighted by atomic mass is 32.1. The number of ether oxygens (including phenoxy) is 1. The zero-order valence-corrected chi connectivity index (χ0v) is 14.5. The summed E-state index contributed by atoms with van der Waals surface area (Å²) in [6.45, 7) is 3.86. The van der Waals surface area contributed by atoms with Gasteiger partial charge in [-0.15, -0.1) is 16.4 Å². The highest BCUT2D eigenvalue weighted by molar-refractivity contribution is 7.07. The van der Waals surface area contributed by atoms with E-state index in [0.29, 0.717) is 25.4 Å². The van der Waals surface area contributed by atoms with Crippen LogP contribution in [-0.2, 0) is 0 Å². The molecule has 25 heavy (non-hydrogen) atoms. The molecule has 1 aromatic carbocycles.